The van der Waals surface area contributed by atoms with Gasteiger partial charge in [-0.15, -0.1) is 0 Å². The molecule has 0 atom stereocenters. The highest BCUT2D eigenvalue weighted by Crippen LogP contribution is 2.32. The van der Waals surface area contributed by atoms with E-state index < -0.39 is 0 Å². The Labute approximate surface area is 92.8 Å². The van der Waals surface area contributed by atoms with Crippen molar-refractivity contribution in [3.8, 4) is 5.75 Å². The first-order chi connectivity index (χ1) is 7.58. The number of allylic oxidation sites excluding steroid dienone is 1. The molecule has 0 heterocycles. The van der Waals surface area contributed by atoms with E-state index in [2.05, 4.69) is 5.73 Å². The van der Waals surface area contributed by atoms with Crippen molar-refractivity contribution in [2.24, 2.45) is 5.73 Å². The van der Waals surface area contributed by atoms with Crippen LogP contribution in [0.4, 0.5) is 5.69 Å². The van der Waals surface area contributed by atoms with Crippen LogP contribution in [0.1, 0.15) is 12.0 Å². The second kappa shape index (κ2) is 3.68. The van der Waals surface area contributed by atoms with Gasteiger partial charge in [-0.1, -0.05) is 11.8 Å². The summed E-state index contributed by atoms with van der Waals surface area (Å²) in [6.07, 6.45) is 2.25. The number of anilines is 1. The van der Waals surface area contributed by atoms with E-state index in [1.165, 1.54) is 6.07 Å². The first-order valence-corrected chi connectivity index (χ1v) is 4.81. The highest BCUT2D eigenvalue weighted by molar-refractivity contribution is 5.81. The Hall–Kier alpha value is -2.32. The van der Waals surface area contributed by atoms with E-state index in [1.807, 2.05) is 0 Å². The predicted octanol–water partition coefficient (Wildman–Crippen LogP) is 1.64. The van der Waals surface area contributed by atoms with Crippen LogP contribution >= 0.6 is 0 Å². The van der Waals surface area contributed by atoms with Gasteiger partial charge in [0.2, 0.25) is 0 Å². The standard InChI is InChI=1S/C12H12N2O2/c13-7-1-3-9(11(15)5-7)10-4-2-8(14)6-12(10)16/h1,3-5,15-16H,2,13-14H2. The van der Waals surface area contributed by atoms with Crippen LogP contribution in [0.25, 0.3) is 5.57 Å². The van der Waals surface area contributed by atoms with Gasteiger partial charge in [0.05, 0.1) is 5.70 Å². The van der Waals surface area contributed by atoms with E-state index in [9.17, 15) is 10.2 Å². The third kappa shape index (κ3) is 1.74. The van der Waals surface area contributed by atoms with Crippen molar-refractivity contribution in [2.45, 2.75) is 6.42 Å². The summed E-state index contributed by atoms with van der Waals surface area (Å²) in [7, 11) is 0. The summed E-state index contributed by atoms with van der Waals surface area (Å²) in [4.78, 5) is 0. The molecule has 0 aromatic heterocycles. The van der Waals surface area contributed by atoms with Gasteiger partial charge in [0.1, 0.15) is 5.75 Å². The monoisotopic (exact) mass is 216 g/mol. The minimum absolute atomic E-state index is 0.0278. The predicted molar refractivity (Wildman–Crippen MR) is 62.5 cm³/mol. The molecule has 0 saturated carbocycles. The van der Waals surface area contributed by atoms with Crippen molar-refractivity contribution >= 4 is 11.3 Å². The topological polar surface area (TPSA) is 92.5 Å². The molecule has 0 fully saturated rings. The molecule has 0 radical (unpaired) electrons. The number of rotatable bonds is 1. The fraction of sp³-hybridized carbons (Fsp3) is 0.0833. The van der Waals surface area contributed by atoms with Gasteiger partial charge >= 0.3 is 0 Å². The van der Waals surface area contributed by atoms with Gasteiger partial charge in [0, 0.05) is 29.3 Å². The Morgan fingerprint density at radius 2 is 1.94 bits per heavy atom. The fourth-order valence-corrected chi connectivity index (χ4v) is 1.59. The van der Waals surface area contributed by atoms with Gasteiger partial charge < -0.3 is 21.7 Å². The highest BCUT2D eigenvalue weighted by Gasteiger charge is 2.14. The molecule has 1 aliphatic carbocycles. The van der Waals surface area contributed by atoms with Crippen molar-refractivity contribution in [3.05, 3.63) is 47.0 Å². The van der Waals surface area contributed by atoms with Crippen LogP contribution in [0.2, 0.25) is 0 Å². The minimum Gasteiger partial charge on any atom is -0.507 e. The maximum Gasteiger partial charge on any atom is 0.168 e. The number of phenols is 1. The fourth-order valence-electron chi connectivity index (χ4n) is 1.59. The molecular weight excluding hydrogens is 204 g/mol. The maximum atomic E-state index is 9.72. The van der Waals surface area contributed by atoms with Gasteiger partial charge in [-0.05, 0) is 12.1 Å². The molecule has 0 spiro atoms. The molecule has 1 aromatic rings. The van der Waals surface area contributed by atoms with Gasteiger partial charge in [-0.2, -0.15) is 0 Å². The first kappa shape index (κ1) is 10.2. The lowest BCUT2D eigenvalue weighted by atomic mass is 9.98. The molecule has 0 saturated heterocycles. The normalized spacial score (nSPS) is 15.1. The van der Waals surface area contributed by atoms with Gasteiger partial charge in [-0.3, -0.25) is 0 Å². The van der Waals surface area contributed by atoms with E-state index in [0.29, 0.717) is 28.9 Å². The molecular formula is C12H12N2O2. The average molecular weight is 216 g/mol. The summed E-state index contributed by atoms with van der Waals surface area (Å²) in [6, 6.07) is 4.74. The van der Waals surface area contributed by atoms with Crippen LogP contribution in [0, 0.1) is 0 Å². The third-order valence-corrected chi connectivity index (χ3v) is 2.37. The molecule has 4 heteroatoms. The molecule has 1 aromatic carbocycles. The Balaban J connectivity index is 2.51. The summed E-state index contributed by atoms with van der Waals surface area (Å²) < 4.78 is 0. The number of hydrogen-bond donors (Lipinski definition) is 4. The molecule has 16 heavy (non-hydrogen) atoms. The minimum atomic E-state index is -0.0659. The second-order valence-corrected chi connectivity index (χ2v) is 3.60. The summed E-state index contributed by atoms with van der Waals surface area (Å²) in [5.74, 6) is -0.0381. The molecule has 6 N–H and O–H groups in total. The van der Waals surface area contributed by atoms with Crippen LogP contribution in [0.3, 0.4) is 0 Å². The van der Waals surface area contributed by atoms with Crippen molar-refractivity contribution < 1.29 is 10.2 Å². The highest BCUT2D eigenvalue weighted by atomic mass is 16.3. The zero-order valence-corrected chi connectivity index (χ0v) is 8.57. The second-order valence-electron chi connectivity index (χ2n) is 3.60. The molecule has 82 valence electrons. The average Bonchev–Trinajstić information content (AvgIpc) is 2.19. The van der Waals surface area contributed by atoms with Crippen LogP contribution in [0.15, 0.2) is 41.5 Å². The molecule has 0 bridgehead atoms. The molecule has 0 unspecified atom stereocenters. The summed E-state index contributed by atoms with van der Waals surface area (Å²) in [5.41, 5.74) is 15.7. The van der Waals surface area contributed by atoms with Crippen molar-refractivity contribution in [1.82, 2.24) is 0 Å². The SMILES string of the molecule is NC1=C=C(O)C(c2ccc(N)cc2O)=CC1. The lowest BCUT2D eigenvalue weighted by molar-refractivity contribution is 0.435. The van der Waals surface area contributed by atoms with Crippen molar-refractivity contribution in [2.75, 3.05) is 5.73 Å². The van der Waals surface area contributed by atoms with E-state index in [1.54, 1.807) is 18.2 Å². The molecule has 1 aliphatic rings. The summed E-state index contributed by atoms with van der Waals surface area (Å²) >= 11 is 0. The molecule has 2 rings (SSSR count). The number of nitrogen functional groups attached to an aromatic ring is 1. The van der Waals surface area contributed by atoms with E-state index in [-0.39, 0.29) is 11.5 Å². The van der Waals surface area contributed by atoms with Crippen LogP contribution in [-0.2, 0) is 0 Å². The lowest BCUT2D eigenvalue weighted by Gasteiger charge is -2.11. The van der Waals surface area contributed by atoms with Gasteiger partial charge in [0.15, 0.2) is 5.76 Å². The number of aromatic hydroxyl groups is 1. The van der Waals surface area contributed by atoms with Crippen LogP contribution in [-0.4, -0.2) is 10.2 Å². The van der Waals surface area contributed by atoms with E-state index in [4.69, 9.17) is 11.5 Å². The zero-order valence-electron chi connectivity index (χ0n) is 8.57. The van der Waals surface area contributed by atoms with E-state index in [0.717, 1.165) is 0 Å². The number of aliphatic hydroxyl groups is 1. The molecule has 4 nitrogen and oxygen atoms in total. The largest absolute Gasteiger partial charge is 0.507 e. The number of aliphatic hydroxyl groups excluding tert-OH is 1. The Kier molecular flexibility index (Phi) is 2.35. The number of nitrogens with two attached hydrogens (primary N) is 2. The number of hydrogen-bond acceptors (Lipinski definition) is 4. The Bertz CT molecular complexity index is 538. The third-order valence-electron chi connectivity index (χ3n) is 2.37. The molecule has 0 aliphatic heterocycles. The summed E-state index contributed by atoms with van der Waals surface area (Å²) in [5, 5.41) is 19.4. The van der Waals surface area contributed by atoms with Crippen LogP contribution < -0.4 is 11.5 Å². The lowest BCUT2D eigenvalue weighted by Crippen LogP contribution is -2.01. The summed E-state index contributed by atoms with van der Waals surface area (Å²) in [6.45, 7) is 0. The Morgan fingerprint density at radius 1 is 1.19 bits per heavy atom. The van der Waals surface area contributed by atoms with Gasteiger partial charge in [-0.25, -0.2) is 0 Å². The van der Waals surface area contributed by atoms with Crippen LogP contribution in [0.5, 0.6) is 5.75 Å². The number of phenolic OH excluding ortho intramolecular Hbond substituents is 1. The van der Waals surface area contributed by atoms with Crippen molar-refractivity contribution in [3.63, 3.8) is 0 Å². The smallest absolute Gasteiger partial charge is 0.168 e. The molecule has 0 amide bonds. The first-order valence-electron chi connectivity index (χ1n) is 4.81. The van der Waals surface area contributed by atoms with Crippen molar-refractivity contribution in [1.29, 1.82) is 0 Å². The number of benzene rings is 1. The maximum absolute atomic E-state index is 9.72. The van der Waals surface area contributed by atoms with E-state index >= 15 is 0 Å². The quantitative estimate of drug-likeness (QED) is 0.424. The Morgan fingerprint density at radius 3 is 2.56 bits per heavy atom. The zero-order chi connectivity index (χ0) is 11.7. The van der Waals surface area contributed by atoms with Gasteiger partial charge in [0.25, 0.3) is 0 Å².